The van der Waals surface area contributed by atoms with Gasteiger partial charge in [-0.3, -0.25) is 4.79 Å². The van der Waals surface area contributed by atoms with Crippen LogP contribution in [-0.2, 0) is 6.54 Å². The van der Waals surface area contributed by atoms with Crippen LogP contribution in [0.3, 0.4) is 0 Å². The molecule has 1 saturated heterocycles. The highest BCUT2D eigenvalue weighted by atomic mass is 16.3. The van der Waals surface area contributed by atoms with Crippen LogP contribution in [0, 0.1) is 5.92 Å². The van der Waals surface area contributed by atoms with Gasteiger partial charge < -0.3 is 15.1 Å². The fourth-order valence-corrected chi connectivity index (χ4v) is 2.12. The second-order valence-electron chi connectivity index (χ2n) is 4.37. The molecule has 17 heavy (non-hydrogen) atoms. The largest absolute Gasteiger partial charge is 0.467 e. The number of nitrogens with two attached hydrogens (primary N) is 1. The average Bonchev–Trinajstić information content (AvgIpc) is 2.87. The Bertz CT molecular complexity index is 403. The zero-order valence-corrected chi connectivity index (χ0v) is 9.89. The number of piperidine rings is 1. The monoisotopic (exact) mass is 234 g/mol. The van der Waals surface area contributed by atoms with E-state index in [1.807, 2.05) is 11.0 Å². The molecule has 0 radical (unpaired) electrons. The summed E-state index contributed by atoms with van der Waals surface area (Å²) in [5, 5.41) is 0. The third-order valence-corrected chi connectivity index (χ3v) is 3.26. The molecule has 0 aromatic carbocycles. The van der Waals surface area contributed by atoms with Crippen molar-refractivity contribution >= 4 is 5.91 Å². The Morgan fingerprint density at radius 2 is 2.29 bits per heavy atom. The van der Waals surface area contributed by atoms with Crippen molar-refractivity contribution in [2.75, 3.05) is 13.1 Å². The number of nitrogens with zero attached hydrogens (tertiary/aromatic N) is 1. The predicted molar refractivity (Wildman–Crippen MR) is 65.4 cm³/mol. The zero-order chi connectivity index (χ0) is 12.3. The first kappa shape index (κ1) is 11.9. The average molecular weight is 234 g/mol. The number of carbonyl (C=O) groups is 1. The Labute approximate surface area is 101 Å². The Kier molecular flexibility index (Phi) is 3.64. The Morgan fingerprint density at radius 1 is 1.59 bits per heavy atom. The van der Waals surface area contributed by atoms with Gasteiger partial charge in [0.15, 0.2) is 0 Å². The molecule has 0 saturated carbocycles. The van der Waals surface area contributed by atoms with E-state index in [0.717, 1.165) is 25.9 Å². The van der Waals surface area contributed by atoms with Gasteiger partial charge in [0.25, 0.3) is 5.91 Å². The van der Waals surface area contributed by atoms with Crippen LogP contribution >= 0.6 is 0 Å². The molecule has 1 fully saturated rings. The maximum Gasteiger partial charge on any atom is 0.257 e. The predicted octanol–water partition coefficient (Wildman–Crippen LogP) is 1.78. The van der Waals surface area contributed by atoms with Crippen LogP contribution in [0.25, 0.3) is 0 Å². The van der Waals surface area contributed by atoms with E-state index in [1.165, 1.54) is 6.26 Å². The summed E-state index contributed by atoms with van der Waals surface area (Å²) in [7, 11) is 0. The van der Waals surface area contributed by atoms with Crippen molar-refractivity contribution in [3.63, 3.8) is 0 Å². The number of furan rings is 1. The summed E-state index contributed by atoms with van der Waals surface area (Å²) >= 11 is 0. The van der Waals surface area contributed by atoms with Crippen molar-refractivity contribution in [1.29, 1.82) is 0 Å². The Hall–Kier alpha value is -1.55. The van der Waals surface area contributed by atoms with Crippen LogP contribution in [-0.4, -0.2) is 23.9 Å². The number of rotatable bonds is 3. The van der Waals surface area contributed by atoms with Crippen LogP contribution < -0.4 is 5.73 Å². The highest BCUT2D eigenvalue weighted by molar-refractivity contribution is 5.94. The van der Waals surface area contributed by atoms with E-state index in [1.54, 1.807) is 6.07 Å². The Morgan fingerprint density at radius 3 is 2.82 bits per heavy atom. The van der Waals surface area contributed by atoms with E-state index in [0.29, 0.717) is 23.8 Å². The lowest BCUT2D eigenvalue weighted by atomic mass is 9.97. The van der Waals surface area contributed by atoms with E-state index in [4.69, 9.17) is 10.2 Å². The lowest BCUT2D eigenvalue weighted by Gasteiger charge is -2.30. The van der Waals surface area contributed by atoms with Crippen LogP contribution in [0.15, 0.2) is 29.4 Å². The van der Waals surface area contributed by atoms with Gasteiger partial charge in [0.2, 0.25) is 0 Å². The molecule has 4 nitrogen and oxygen atoms in total. The SMILES string of the molecule is C=CC1CCN(C(=O)c2coc(CN)c2)CC1. The van der Waals surface area contributed by atoms with Crippen LogP contribution in [0.2, 0.25) is 0 Å². The minimum Gasteiger partial charge on any atom is -0.467 e. The number of hydrogen-bond donors (Lipinski definition) is 1. The zero-order valence-electron chi connectivity index (χ0n) is 9.89. The number of allylic oxidation sites excluding steroid dienone is 1. The second-order valence-corrected chi connectivity index (χ2v) is 4.37. The summed E-state index contributed by atoms with van der Waals surface area (Å²) in [5.41, 5.74) is 6.05. The quantitative estimate of drug-likeness (QED) is 0.811. The van der Waals surface area contributed by atoms with Crippen LogP contribution in [0.4, 0.5) is 0 Å². The van der Waals surface area contributed by atoms with Gasteiger partial charge in [0, 0.05) is 13.1 Å². The lowest BCUT2D eigenvalue weighted by molar-refractivity contribution is 0.0705. The number of carbonyl (C=O) groups excluding carboxylic acids is 1. The molecule has 1 amide bonds. The molecule has 92 valence electrons. The van der Waals surface area contributed by atoms with Crippen LogP contribution in [0.5, 0.6) is 0 Å². The molecule has 1 aliphatic rings. The van der Waals surface area contributed by atoms with E-state index in [-0.39, 0.29) is 5.91 Å². The molecule has 1 aliphatic heterocycles. The molecule has 1 aromatic rings. The standard InChI is InChI=1S/C13H18N2O2/c1-2-10-3-5-15(6-4-10)13(16)11-7-12(8-14)17-9-11/h2,7,9-10H,1,3-6,8,14H2. The van der Waals surface area contributed by atoms with Crippen molar-refractivity contribution in [2.45, 2.75) is 19.4 Å². The normalized spacial score (nSPS) is 17.1. The first-order valence-corrected chi connectivity index (χ1v) is 5.94. The molecule has 0 bridgehead atoms. The fraction of sp³-hybridized carbons (Fsp3) is 0.462. The van der Waals surface area contributed by atoms with Gasteiger partial charge >= 0.3 is 0 Å². The van der Waals surface area contributed by atoms with Gasteiger partial charge in [-0.15, -0.1) is 6.58 Å². The summed E-state index contributed by atoms with van der Waals surface area (Å²) in [6.07, 6.45) is 5.46. The van der Waals surface area contributed by atoms with Crippen molar-refractivity contribution in [2.24, 2.45) is 11.7 Å². The molecule has 0 aliphatic carbocycles. The minimum atomic E-state index is 0.0379. The highest BCUT2D eigenvalue weighted by Crippen LogP contribution is 2.20. The molecule has 0 spiro atoms. The third-order valence-electron chi connectivity index (χ3n) is 3.26. The Balaban J connectivity index is 1.98. The van der Waals surface area contributed by atoms with E-state index in [2.05, 4.69) is 6.58 Å². The second kappa shape index (κ2) is 5.19. The van der Waals surface area contributed by atoms with Crippen molar-refractivity contribution in [3.05, 3.63) is 36.3 Å². The number of amides is 1. The molecule has 0 atom stereocenters. The molecular formula is C13H18N2O2. The van der Waals surface area contributed by atoms with Gasteiger partial charge in [-0.25, -0.2) is 0 Å². The van der Waals surface area contributed by atoms with Gasteiger partial charge in [-0.05, 0) is 24.8 Å². The van der Waals surface area contributed by atoms with Gasteiger partial charge in [0.05, 0.1) is 12.1 Å². The summed E-state index contributed by atoms with van der Waals surface area (Å²) in [4.78, 5) is 14.0. The molecule has 4 heteroatoms. The van der Waals surface area contributed by atoms with Gasteiger partial charge in [-0.2, -0.15) is 0 Å². The van der Waals surface area contributed by atoms with Crippen LogP contribution in [0.1, 0.15) is 29.0 Å². The van der Waals surface area contributed by atoms with Gasteiger partial charge in [0.1, 0.15) is 12.0 Å². The molecule has 2 heterocycles. The van der Waals surface area contributed by atoms with E-state index < -0.39 is 0 Å². The van der Waals surface area contributed by atoms with Crippen molar-refractivity contribution in [1.82, 2.24) is 4.90 Å². The number of hydrogen-bond acceptors (Lipinski definition) is 3. The lowest BCUT2D eigenvalue weighted by Crippen LogP contribution is -2.37. The summed E-state index contributed by atoms with van der Waals surface area (Å²) < 4.78 is 5.18. The molecule has 2 rings (SSSR count). The maximum atomic E-state index is 12.1. The fourth-order valence-electron chi connectivity index (χ4n) is 2.12. The maximum absolute atomic E-state index is 12.1. The molecule has 2 N–H and O–H groups in total. The first-order valence-electron chi connectivity index (χ1n) is 5.94. The van der Waals surface area contributed by atoms with E-state index >= 15 is 0 Å². The summed E-state index contributed by atoms with van der Waals surface area (Å²) in [6, 6.07) is 1.72. The van der Waals surface area contributed by atoms with E-state index in [9.17, 15) is 4.79 Å². The van der Waals surface area contributed by atoms with Gasteiger partial charge in [-0.1, -0.05) is 6.08 Å². The first-order chi connectivity index (χ1) is 8.24. The molecule has 0 unspecified atom stereocenters. The third kappa shape index (κ3) is 2.58. The summed E-state index contributed by atoms with van der Waals surface area (Å²) in [5.74, 6) is 1.23. The smallest absolute Gasteiger partial charge is 0.257 e. The molecule has 1 aromatic heterocycles. The summed E-state index contributed by atoms with van der Waals surface area (Å²) in [6.45, 7) is 5.70. The number of likely N-dealkylation sites (tertiary alicyclic amines) is 1. The van der Waals surface area contributed by atoms with Crippen molar-refractivity contribution in [3.8, 4) is 0 Å². The topological polar surface area (TPSA) is 59.5 Å². The molecular weight excluding hydrogens is 216 g/mol. The van der Waals surface area contributed by atoms with Crippen molar-refractivity contribution < 1.29 is 9.21 Å². The minimum absolute atomic E-state index is 0.0379. The highest BCUT2D eigenvalue weighted by Gasteiger charge is 2.23.